The summed E-state index contributed by atoms with van der Waals surface area (Å²) in [5.41, 5.74) is 0.513. The molecule has 23 heavy (non-hydrogen) atoms. The Balaban J connectivity index is 1.75. The number of rotatable bonds is 1. The van der Waals surface area contributed by atoms with Crippen LogP contribution in [0, 0.1) is 0 Å². The molecule has 1 saturated heterocycles. The lowest BCUT2D eigenvalue weighted by Crippen LogP contribution is -2.43. The molecule has 3 rings (SSSR count). The van der Waals surface area contributed by atoms with E-state index in [0.717, 1.165) is 34.8 Å². The van der Waals surface area contributed by atoms with Gasteiger partial charge in [-0.25, -0.2) is 4.79 Å². The normalized spacial score (nSPS) is 19.1. The van der Waals surface area contributed by atoms with Crippen molar-refractivity contribution < 1.29 is 9.53 Å². The average Bonchev–Trinajstić information content (AvgIpc) is 2.88. The van der Waals surface area contributed by atoms with Crippen molar-refractivity contribution in [3.63, 3.8) is 0 Å². The Hall–Kier alpha value is -1.56. The van der Waals surface area contributed by atoms with Crippen molar-refractivity contribution in [2.45, 2.75) is 45.3 Å². The highest BCUT2D eigenvalue weighted by Gasteiger charge is 2.28. The standard InChI is InChI=1S/C17H22BrN3O2/c1-17(2,3)23-16(22)20-8-4-5-14(11-20)21-10-12-9-13(18)6-7-15(12)19-21/h6-7,9-10,14H,4-5,8,11H2,1-3H3. The van der Waals surface area contributed by atoms with Gasteiger partial charge in [-0.3, -0.25) is 4.68 Å². The second-order valence-corrected chi connectivity index (χ2v) is 7.95. The first-order valence-corrected chi connectivity index (χ1v) is 8.73. The summed E-state index contributed by atoms with van der Waals surface area (Å²) in [5, 5.41) is 5.77. The molecule has 1 aliphatic heterocycles. The van der Waals surface area contributed by atoms with Crippen LogP contribution < -0.4 is 0 Å². The second-order valence-electron chi connectivity index (χ2n) is 7.03. The molecule has 0 N–H and O–H groups in total. The fourth-order valence-electron chi connectivity index (χ4n) is 2.87. The third-order valence-electron chi connectivity index (χ3n) is 3.91. The number of fused-ring (bicyclic) bond motifs is 1. The minimum absolute atomic E-state index is 0.197. The zero-order valence-corrected chi connectivity index (χ0v) is 15.3. The smallest absolute Gasteiger partial charge is 0.410 e. The molecule has 1 aromatic heterocycles. The summed E-state index contributed by atoms with van der Waals surface area (Å²) < 4.78 is 8.53. The Kier molecular flexibility index (Phi) is 4.36. The maximum atomic E-state index is 12.3. The molecular formula is C17H22BrN3O2. The van der Waals surface area contributed by atoms with E-state index in [1.165, 1.54) is 0 Å². The molecule has 1 fully saturated rings. The van der Waals surface area contributed by atoms with Crippen LogP contribution in [0.5, 0.6) is 0 Å². The van der Waals surface area contributed by atoms with Crippen LogP contribution in [0.3, 0.4) is 0 Å². The van der Waals surface area contributed by atoms with Gasteiger partial charge in [0, 0.05) is 29.1 Å². The predicted molar refractivity (Wildman–Crippen MR) is 93.5 cm³/mol. The number of piperidine rings is 1. The number of aromatic nitrogens is 2. The van der Waals surface area contributed by atoms with Crippen molar-refractivity contribution in [3.05, 3.63) is 28.9 Å². The molecule has 2 aromatic rings. The predicted octanol–water partition coefficient (Wildman–Crippen LogP) is 4.37. The zero-order valence-electron chi connectivity index (χ0n) is 13.8. The van der Waals surface area contributed by atoms with E-state index in [4.69, 9.17) is 4.74 Å². The zero-order chi connectivity index (χ0) is 16.6. The Labute approximate surface area is 144 Å². The number of carbonyl (C=O) groups excluding carboxylic acids is 1. The molecule has 0 spiro atoms. The summed E-state index contributed by atoms with van der Waals surface area (Å²) in [6.07, 6.45) is 3.81. The number of halogens is 1. The summed E-state index contributed by atoms with van der Waals surface area (Å²) in [5.74, 6) is 0. The summed E-state index contributed by atoms with van der Waals surface area (Å²) in [6, 6.07) is 6.26. The Morgan fingerprint density at radius 1 is 1.39 bits per heavy atom. The Morgan fingerprint density at radius 2 is 2.17 bits per heavy atom. The molecule has 2 heterocycles. The van der Waals surface area contributed by atoms with E-state index < -0.39 is 5.60 Å². The number of hydrogen-bond donors (Lipinski definition) is 0. The van der Waals surface area contributed by atoms with Gasteiger partial charge in [0.05, 0.1) is 11.6 Å². The molecule has 0 saturated carbocycles. The van der Waals surface area contributed by atoms with Gasteiger partial charge >= 0.3 is 6.09 Å². The number of nitrogens with zero attached hydrogens (tertiary/aromatic N) is 3. The maximum Gasteiger partial charge on any atom is 0.410 e. The number of benzene rings is 1. The maximum absolute atomic E-state index is 12.3. The summed E-state index contributed by atoms with van der Waals surface area (Å²) in [7, 11) is 0. The van der Waals surface area contributed by atoms with Crippen LogP contribution in [0.2, 0.25) is 0 Å². The van der Waals surface area contributed by atoms with Gasteiger partial charge < -0.3 is 9.64 Å². The van der Waals surface area contributed by atoms with Crippen molar-refractivity contribution in [2.75, 3.05) is 13.1 Å². The van der Waals surface area contributed by atoms with E-state index in [1.807, 2.05) is 37.6 Å². The van der Waals surface area contributed by atoms with Gasteiger partial charge in [-0.2, -0.15) is 5.10 Å². The highest BCUT2D eigenvalue weighted by Crippen LogP contribution is 2.26. The summed E-state index contributed by atoms with van der Waals surface area (Å²) in [6.45, 7) is 7.07. The van der Waals surface area contributed by atoms with Gasteiger partial charge in [0.25, 0.3) is 0 Å². The number of hydrogen-bond acceptors (Lipinski definition) is 3. The van der Waals surface area contributed by atoms with Gasteiger partial charge in [0.15, 0.2) is 0 Å². The molecule has 124 valence electrons. The van der Waals surface area contributed by atoms with E-state index in [1.54, 1.807) is 4.90 Å². The quantitative estimate of drug-likeness (QED) is 0.738. The molecule has 1 atom stereocenters. The minimum Gasteiger partial charge on any atom is -0.444 e. The van der Waals surface area contributed by atoms with E-state index in [0.29, 0.717) is 6.54 Å². The van der Waals surface area contributed by atoms with Crippen LogP contribution in [-0.2, 0) is 4.74 Å². The van der Waals surface area contributed by atoms with Gasteiger partial charge in [0.1, 0.15) is 5.60 Å². The molecular weight excluding hydrogens is 358 g/mol. The number of carbonyl (C=O) groups is 1. The van der Waals surface area contributed by atoms with Crippen molar-refractivity contribution in [1.29, 1.82) is 0 Å². The van der Waals surface area contributed by atoms with E-state index in [2.05, 4.69) is 33.3 Å². The van der Waals surface area contributed by atoms with E-state index in [9.17, 15) is 4.79 Å². The average molecular weight is 380 g/mol. The molecule has 1 aliphatic rings. The van der Waals surface area contributed by atoms with Crippen LogP contribution in [-0.4, -0.2) is 39.5 Å². The Morgan fingerprint density at radius 3 is 2.91 bits per heavy atom. The second kappa shape index (κ2) is 6.15. The van der Waals surface area contributed by atoms with Crippen LogP contribution in [0.25, 0.3) is 10.9 Å². The molecule has 0 aliphatic carbocycles. The number of ether oxygens (including phenoxy) is 1. The van der Waals surface area contributed by atoms with E-state index >= 15 is 0 Å². The molecule has 1 unspecified atom stereocenters. The Bertz CT molecular complexity index is 720. The molecule has 1 amide bonds. The molecule has 6 heteroatoms. The van der Waals surface area contributed by atoms with Crippen molar-refractivity contribution in [3.8, 4) is 0 Å². The monoisotopic (exact) mass is 379 g/mol. The third-order valence-corrected chi connectivity index (χ3v) is 4.40. The lowest BCUT2D eigenvalue weighted by atomic mass is 10.1. The molecule has 5 nitrogen and oxygen atoms in total. The largest absolute Gasteiger partial charge is 0.444 e. The van der Waals surface area contributed by atoms with Gasteiger partial charge in [0.2, 0.25) is 0 Å². The fourth-order valence-corrected chi connectivity index (χ4v) is 3.24. The lowest BCUT2D eigenvalue weighted by molar-refractivity contribution is 0.0168. The first-order valence-electron chi connectivity index (χ1n) is 7.94. The number of amides is 1. The topological polar surface area (TPSA) is 47.4 Å². The van der Waals surface area contributed by atoms with Crippen LogP contribution >= 0.6 is 15.9 Å². The highest BCUT2D eigenvalue weighted by molar-refractivity contribution is 9.10. The summed E-state index contributed by atoms with van der Waals surface area (Å²) >= 11 is 3.49. The van der Waals surface area contributed by atoms with Gasteiger partial charge in [-0.15, -0.1) is 0 Å². The summed E-state index contributed by atoms with van der Waals surface area (Å²) in [4.78, 5) is 14.1. The first kappa shape index (κ1) is 16.3. The SMILES string of the molecule is CC(C)(C)OC(=O)N1CCCC(n2cc3cc(Br)ccc3n2)C1. The van der Waals surface area contributed by atoms with Crippen molar-refractivity contribution in [1.82, 2.24) is 14.7 Å². The minimum atomic E-state index is -0.462. The van der Waals surface area contributed by atoms with Crippen molar-refractivity contribution >= 4 is 32.9 Å². The van der Waals surface area contributed by atoms with Gasteiger partial charge in [-0.05, 0) is 51.8 Å². The van der Waals surface area contributed by atoms with Crippen molar-refractivity contribution in [2.24, 2.45) is 0 Å². The molecule has 0 bridgehead atoms. The van der Waals surface area contributed by atoms with Crippen LogP contribution in [0.4, 0.5) is 4.79 Å². The van der Waals surface area contributed by atoms with Crippen LogP contribution in [0.1, 0.15) is 39.7 Å². The highest BCUT2D eigenvalue weighted by atomic mass is 79.9. The van der Waals surface area contributed by atoms with Gasteiger partial charge in [-0.1, -0.05) is 15.9 Å². The first-order chi connectivity index (χ1) is 10.8. The molecule has 1 aromatic carbocycles. The van der Waals surface area contributed by atoms with Crippen LogP contribution in [0.15, 0.2) is 28.9 Å². The van der Waals surface area contributed by atoms with E-state index in [-0.39, 0.29) is 12.1 Å². The third kappa shape index (κ3) is 3.86. The number of likely N-dealkylation sites (tertiary alicyclic amines) is 1. The molecule has 0 radical (unpaired) electrons. The lowest BCUT2D eigenvalue weighted by Gasteiger charge is -2.34. The fraction of sp³-hybridized carbons (Fsp3) is 0.529.